The molecule has 2 aromatic rings. The third-order valence-electron chi connectivity index (χ3n) is 3.81. The van der Waals surface area contributed by atoms with Crippen LogP contribution >= 0.6 is 0 Å². The lowest BCUT2D eigenvalue weighted by Crippen LogP contribution is -2.38. The van der Waals surface area contributed by atoms with Gasteiger partial charge in [-0.15, -0.1) is 0 Å². The van der Waals surface area contributed by atoms with E-state index in [1.165, 1.54) is 0 Å². The molecule has 0 heterocycles. The van der Waals surface area contributed by atoms with E-state index in [1.807, 2.05) is 60.7 Å². The van der Waals surface area contributed by atoms with Crippen molar-refractivity contribution >= 4 is 23.3 Å². The maximum atomic E-state index is 12.3. The fourth-order valence-corrected chi connectivity index (χ4v) is 2.53. The van der Waals surface area contributed by atoms with E-state index in [0.29, 0.717) is 12.8 Å². The van der Waals surface area contributed by atoms with Gasteiger partial charge < -0.3 is 5.11 Å². The Morgan fingerprint density at radius 3 is 1.72 bits per heavy atom. The summed E-state index contributed by atoms with van der Waals surface area (Å²) in [4.78, 5) is 22.8. The average Bonchev–Trinajstić information content (AvgIpc) is 2.64. The minimum Gasteiger partial charge on any atom is -0.481 e. The number of amides is 1. The van der Waals surface area contributed by atoms with E-state index in [-0.39, 0.29) is 12.3 Å². The van der Waals surface area contributed by atoms with Crippen LogP contribution in [0.15, 0.2) is 60.7 Å². The summed E-state index contributed by atoms with van der Waals surface area (Å²) in [6.07, 6.45) is 3.73. The number of carboxylic acid groups (broad SMARTS) is 1. The van der Waals surface area contributed by atoms with Crippen LogP contribution in [0.3, 0.4) is 0 Å². The van der Waals surface area contributed by atoms with Gasteiger partial charge in [0.1, 0.15) is 0 Å². The predicted molar refractivity (Wildman–Crippen MR) is 98.5 cm³/mol. The topological polar surface area (TPSA) is 69.6 Å². The molecule has 132 valence electrons. The van der Waals surface area contributed by atoms with Crippen molar-refractivity contribution in [2.75, 3.05) is 5.01 Å². The Hall–Kier alpha value is -2.82. The van der Waals surface area contributed by atoms with Crippen molar-refractivity contribution in [3.63, 3.8) is 0 Å². The molecule has 25 heavy (non-hydrogen) atoms. The summed E-state index contributed by atoms with van der Waals surface area (Å²) in [5.41, 5.74) is 4.74. The van der Waals surface area contributed by atoms with Crippen molar-refractivity contribution in [1.82, 2.24) is 5.43 Å². The van der Waals surface area contributed by atoms with E-state index < -0.39 is 5.97 Å². The normalized spacial score (nSPS) is 10.2. The van der Waals surface area contributed by atoms with E-state index >= 15 is 0 Å². The van der Waals surface area contributed by atoms with Gasteiger partial charge in [-0.25, -0.2) is 0 Å². The number of hydrogen-bond acceptors (Lipinski definition) is 3. The second-order valence-corrected chi connectivity index (χ2v) is 5.85. The van der Waals surface area contributed by atoms with Crippen LogP contribution in [-0.4, -0.2) is 17.0 Å². The Bertz CT molecular complexity index is 620. The number of carbonyl (C=O) groups excluding carboxylic acids is 1. The minimum atomic E-state index is -0.765. The van der Waals surface area contributed by atoms with Crippen molar-refractivity contribution in [3.05, 3.63) is 60.7 Å². The van der Waals surface area contributed by atoms with Gasteiger partial charge in [-0.3, -0.25) is 20.0 Å². The highest BCUT2D eigenvalue weighted by molar-refractivity contribution is 5.80. The second-order valence-electron chi connectivity index (χ2n) is 5.85. The van der Waals surface area contributed by atoms with Crippen molar-refractivity contribution in [3.8, 4) is 0 Å². The standard InChI is InChI=1S/C20H24N2O3/c23-19(15-9-1-2-10-16-20(24)25)21-22(17-11-5-3-6-12-17)18-13-7-4-8-14-18/h3-8,11-14H,1-2,9-10,15-16H2,(H,21,23)(H,24,25). The Labute approximate surface area is 148 Å². The zero-order valence-corrected chi connectivity index (χ0v) is 14.2. The molecule has 0 saturated heterocycles. The first-order valence-electron chi connectivity index (χ1n) is 8.58. The molecule has 0 aliphatic heterocycles. The summed E-state index contributed by atoms with van der Waals surface area (Å²) in [5, 5.41) is 10.4. The Balaban J connectivity index is 1.87. The van der Waals surface area contributed by atoms with Gasteiger partial charge in [-0.1, -0.05) is 49.2 Å². The first-order chi connectivity index (χ1) is 12.2. The molecule has 0 unspecified atom stereocenters. The van der Waals surface area contributed by atoms with Crippen LogP contribution in [0.5, 0.6) is 0 Å². The molecule has 2 N–H and O–H groups in total. The summed E-state index contributed by atoms with van der Waals surface area (Å²) >= 11 is 0. The monoisotopic (exact) mass is 340 g/mol. The van der Waals surface area contributed by atoms with E-state index in [2.05, 4.69) is 5.43 Å². The van der Waals surface area contributed by atoms with E-state index in [1.54, 1.807) is 5.01 Å². The summed E-state index contributed by atoms with van der Waals surface area (Å²) in [6.45, 7) is 0. The smallest absolute Gasteiger partial charge is 0.303 e. The van der Waals surface area contributed by atoms with Crippen LogP contribution in [-0.2, 0) is 9.59 Å². The number of rotatable bonds is 10. The van der Waals surface area contributed by atoms with Crippen molar-refractivity contribution < 1.29 is 14.7 Å². The lowest BCUT2D eigenvalue weighted by Gasteiger charge is -2.25. The molecule has 0 fully saturated rings. The molecule has 0 saturated carbocycles. The molecule has 0 aliphatic carbocycles. The zero-order valence-electron chi connectivity index (χ0n) is 14.2. The number of anilines is 2. The number of unbranched alkanes of at least 4 members (excludes halogenated alkanes) is 3. The molecular formula is C20H24N2O3. The largest absolute Gasteiger partial charge is 0.481 e. The molecule has 2 rings (SSSR count). The van der Waals surface area contributed by atoms with Crippen LogP contribution < -0.4 is 10.4 Å². The van der Waals surface area contributed by atoms with Crippen molar-refractivity contribution in [1.29, 1.82) is 0 Å². The molecule has 0 aliphatic rings. The predicted octanol–water partition coefficient (Wildman–Crippen LogP) is 4.28. The highest BCUT2D eigenvalue weighted by atomic mass is 16.4. The van der Waals surface area contributed by atoms with Crippen LogP contribution in [0.25, 0.3) is 0 Å². The average molecular weight is 340 g/mol. The van der Waals surface area contributed by atoms with Gasteiger partial charge >= 0.3 is 5.97 Å². The fraction of sp³-hybridized carbons (Fsp3) is 0.300. The third kappa shape index (κ3) is 6.67. The zero-order chi connectivity index (χ0) is 17.9. The Morgan fingerprint density at radius 2 is 1.24 bits per heavy atom. The van der Waals surface area contributed by atoms with Crippen LogP contribution in [0.2, 0.25) is 0 Å². The Morgan fingerprint density at radius 1 is 0.760 bits per heavy atom. The number of nitrogens with one attached hydrogen (secondary N) is 1. The van der Waals surface area contributed by atoms with Crippen LogP contribution in [0.1, 0.15) is 38.5 Å². The van der Waals surface area contributed by atoms with Gasteiger partial charge in [0, 0.05) is 12.8 Å². The molecule has 5 nitrogen and oxygen atoms in total. The third-order valence-corrected chi connectivity index (χ3v) is 3.81. The molecular weight excluding hydrogens is 316 g/mol. The lowest BCUT2D eigenvalue weighted by atomic mass is 10.1. The number of hydrogen-bond donors (Lipinski definition) is 2. The number of nitrogens with zero attached hydrogens (tertiary/aromatic N) is 1. The van der Waals surface area contributed by atoms with Crippen LogP contribution in [0, 0.1) is 0 Å². The van der Waals surface area contributed by atoms with Gasteiger partial charge in [0.2, 0.25) is 5.91 Å². The van der Waals surface area contributed by atoms with Gasteiger partial charge in [-0.05, 0) is 37.1 Å². The van der Waals surface area contributed by atoms with Crippen molar-refractivity contribution in [2.24, 2.45) is 0 Å². The molecule has 1 amide bonds. The summed E-state index contributed by atoms with van der Waals surface area (Å²) in [5.74, 6) is -0.815. The quantitative estimate of drug-likeness (QED) is 0.500. The minimum absolute atomic E-state index is 0.0501. The molecule has 2 aromatic carbocycles. The molecule has 0 aromatic heterocycles. The second kappa shape index (κ2) is 10.1. The molecule has 0 atom stereocenters. The van der Waals surface area contributed by atoms with E-state index in [0.717, 1.165) is 30.6 Å². The maximum absolute atomic E-state index is 12.3. The summed E-state index contributed by atoms with van der Waals surface area (Å²) < 4.78 is 0. The molecule has 0 radical (unpaired) electrons. The first kappa shape index (κ1) is 18.5. The van der Waals surface area contributed by atoms with Gasteiger partial charge in [0.15, 0.2) is 0 Å². The van der Waals surface area contributed by atoms with Gasteiger partial charge in [0.25, 0.3) is 0 Å². The Kier molecular flexibility index (Phi) is 7.50. The fourth-order valence-electron chi connectivity index (χ4n) is 2.53. The summed E-state index contributed by atoms with van der Waals surface area (Å²) in [7, 11) is 0. The number of aliphatic carboxylic acids is 1. The SMILES string of the molecule is O=C(O)CCCCCCC(=O)NN(c1ccccc1)c1ccccc1. The maximum Gasteiger partial charge on any atom is 0.303 e. The molecule has 5 heteroatoms. The van der Waals surface area contributed by atoms with E-state index in [4.69, 9.17) is 5.11 Å². The van der Waals surface area contributed by atoms with Gasteiger partial charge in [-0.2, -0.15) is 0 Å². The first-order valence-corrected chi connectivity index (χ1v) is 8.58. The highest BCUT2D eigenvalue weighted by Crippen LogP contribution is 2.22. The summed E-state index contributed by atoms with van der Waals surface area (Å²) in [6, 6.07) is 19.4. The number of carbonyl (C=O) groups is 2. The molecule has 0 spiro atoms. The lowest BCUT2D eigenvalue weighted by molar-refractivity contribution is -0.137. The van der Waals surface area contributed by atoms with E-state index in [9.17, 15) is 9.59 Å². The van der Waals surface area contributed by atoms with Crippen molar-refractivity contribution in [2.45, 2.75) is 38.5 Å². The van der Waals surface area contributed by atoms with Gasteiger partial charge in [0.05, 0.1) is 11.4 Å². The number of para-hydroxylation sites is 2. The highest BCUT2D eigenvalue weighted by Gasteiger charge is 2.12. The number of carboxylic acids is 1. The number of benzene rings is 2. The molecule has 0 bridgehead atoms. The van der Waals surface area contributed by atoms with Crippen LogP contribution in [0.4, 0.5) is 11.4 Å². The number of hydrazine groups is 1.